The molecule has 116 valence electrons. The molecule has 1 heterocycles. The van der Waals surface area contributed by atoms with E-state index in [1.54, 1.807) is 0 Å². The predicted molar refractivity (Wildman–Crippen MR) is 76.9 cm³/mol. The molecule has 1 N–H and O–H groups in total. The molecule has 0 amide bonds. The Balaban J connectivity index is 2.15. The fraction of sp³-hybridized carbons (Fsp3) is 0.833. The zero-order chi connectivity index (χ0) is 15.0. The second kappa shape index (κ2) is 8.82. The Morgan fingerprint density at radius 1 is 1.40 bits per heavy atom. The normalized spacial score (nSPS) is 26.3. The van der Waals surface area contributed by atoms with Gasteiger partial charge in [-0.05, 0) is 6.42 Å². The van der Waals surface area contributed by atoms with Gasteiger partial charge in [0, 0.05) is 12.2 Å². The van der Waals surface area contributed by atoms with E-state index in [0.29, 0.717) is 6.42 Å². The largest absolute Gasteiger partial charge is 0.454 e. The maximum atomic E-state index is 11.6. The molecule has 8 heteroatoms. The van der Waals surface area contributed by atoms with Crippen LogP contribution in [0.4, 0.5) is 4.79 Å². The molecule has 1 aliphatic heterocycles. The first-order chi connectivity index (χ1) is 9.45. The van der Waals surface area contributed by atoms with Crippen molar-refractivity contribution in [2.75, 3.05) is 12.4 Å². The number of ether oxygens (including phenoxy) is 1. The highest BCUT2D eigenvalue weighted by atomic mass is 32.2. The maximum Gasteiger partial charge on any atom is 0.436 e. The number of cyclic esters (lactones) is 1. The van der Waals surface area contributed by atoms with Gasteiger partial charge in [0.15, 0.2) is 5.12 Å². The van der Waals surface area contributed by atoms with Crippen LogP contribution in [-0.4, -0.2) is 34.2 Å². The molecule has 6 nitrogen and oxygen atoms in total. The summed E-state index contributed by atoms with van der Waals surface area (Å²) in [5.41, 5.74) is -1.22. The third-order valence-corrected chi connectivity index (χ3v) is 5.07. The number of unbranched alkanes of at least 4 members (excludes halogenated alkanes) is 4. The van der Waals surface area contributed by atoms with Gasteiger partial charge in [-0.3, -0.25) is 9.32 Å². The Morgan fingerprint density at radius 3 is 2.75 bits per heavy atom. The maximum absolute atomic E-state index is 11.6. The summed E-state index contributed by atoms with van der Waals surface area (Å²) in [6.07, 6.45) is 5.21. The summed E-state index contributed by atoms with van der Waals surface area (Å²) < 4.78 is 20.6. The van der Waals surface area contributed by atoms with E-state index in [1.807, 2.05) is 0 Å². The van der Waals surface area contributed by atoms with Crippen molar-refractivity contribution >= 4 is 30.2 Å². The van der Waals surface area contributed by atoms with E-state index in [4.69, 9.17) is 9.42 Å². The molecular weight excluding hydrogens is 303 g/mol. The van der Waals surface area contributed by atoms with Crippen LogP contribution < -0.4 is 0 Å². The Labute approximate surface area is 123 Å². The molecule has 0 bridgehead atoms. The monoisotopic (exact) mass is 324 g/mol. The Bertz CT molecular complexity index is 386. The van der Waals surface area contributed by atoms with E-state index in [0.717, 1.165) is 31.0 Å². The van der Waals surface area contributed by atoms with Crippen molar-refractivity contribution in [2.45, 2.75) is 51.6 Å². The Morgan fingerprint density at radius 2 is 2.10 bits per heavy atom. The average Bonchev–Trinajstić information content (AvgIpc) is 2.40. The van der Waals surface area contributed by atoms with Crippen LogP contribution in [-0.2, 0) is 18.6 Å². The molecule has 1 rings (SSSR count). The van der Waals surface area contributed by atoms with Gasteiger partial charge in [0.25, 0.3) is 0 Å². The first-order valence-electron chi connectivity index (χ1n) is 6.80. The minimum atomic E-state index is -4.31. The van der Waals surface area contributed by atoms with Crippen molar-refractivity contribution in [2.24, 2.45) is 0 Å². The van der Waals surface area contributed by atoms with Crippen molar-refractivity contribution in [3.05, 3.63) is 0 Å². The zero-order valence-electron chi connectivity index (χ0n) is 11.6. The summed E-state index contributed by atoms with van der Waals surface area (Å²) in [5.74, 6) is 0.228. The van der Waals surface area contributed by atoms with Gasteiger partial charge in [-0.1, -0.05) is 44.4 Å². The van der Waals surface area contributed by atoms with Crippen molar-refractivity contribution in [1.29, 1.82) is 0 Å². The van der Waals surface area contributed by atoms with Crippen LogP contribution in [0.3, 0.4) is 0 Å². The molecule has 0 spiro atoms. The number of carbonyl (C=O) groups excluding carboxylic acids is 2. The second-order valence-corrected chi connectivity index (χ2v) is 7.37. The predicted octanol–water partition coefficient (Wildman–Crippen LogP) is 3.33. The number of rotatable bonds is 8. The van der Waals surface area contributed by atoms with E-state index in [-0.39, 0.29) is 17.5 Å². The van der Waals surface area contributed by atoms with Crippen LogP contribution in [0, 0.1) is 0 Å². The number of carbonyl (C=O) groups is 2. The highest BCUT2D eigenvalue weighted by molar-refractivity contribution is 8.13. The molecule has 0 aromatic rings. The fourth-order valence-corrected chi connectivity index (χ4v) is 3.52. The lowest BCUT2D eigenvalue weighted by atomic mass is 10.1. The van der Waals surface area contributed by atoms with Gasteiger partial charge in [0.05, 0.1) is 0 Å². The summed E-state index contributed by atoms with van der Waals surface area (Å²) in [6.45, 7) is 2.05. The van der Waals surface area contributed by atoms with E-state index in [2.05, 4.69) is 11.7 Å². The number of thioether (sulfide) groups is 1. The van der Waals surface area contributed by atoms with Crippen LogP contribution in [0.5, 0.6) is 0 Å². The molecule has 1 aliphatic rings. The second-order valence-electron chi connectivity index (χ2n) is 4.67. The molecule has 0 radical (unpaired) electrons. The topological polar surface area (TPSA) is 89.9 Å². The minimum absolute atomic E-state index is 0.0368. The van der Waals surface area contributed by atoms with Crippen LogP contribution in [0.25, 0.3) is 0 Å². The Kier molecular flexibility index (Phi) is 7.80. The van der Waals surface area contributed by atoms with E-state index in [9.17, 15) is 14.2 Å². The standard InChI is InChI=1S/C12H21O6PS/c1-2-3-4-5-6-7-11(13)20-9-10-8-17-12(14)19(15,16)18-10/h10H,2-9H2,1H3,(H,15,16). The fourth-order valence-electron chi connectivity index (χ4n) is 1.73. The van der Waals surface area contributed by atoms with E-state index in [1.165, 1.54) is 12.8 Å². The van der Waals surface area contributed by atoms with Gasteiger partial charge in [0.2, 0.25) is 0 Å². The quantitative estimate of drug-likeness (QED) is 0.541. The van der Waals surface area contributed by atoms with E-state index >= 15 is 0 Å². The lowest BCUT2D eigenvalue weighted by molar-refractivity contribution is -0.111. The van der Waals surface area contributed by atoms with Gasteiger partial charge < -0.3 is 9.63 Å². The van der Waals surface area contributed by atoms with Crippen molar-refractivity contribution in [3.8, 4) is 0 Å². The third kappa shape index (κ3) is 6.39. The molecule has 20 heavy (non-hydrogen) atoms. The average molecular weight is 324 g/mol. The number of hydrogen-bond acceptors (Lipinski definition) is 6. The highest BCUT2D eigenvalue weighted by Crippen LogP contribution is 2.48. The van der Waals surface area contributed by atoms with Gasteiger partial charge in [-0.25, -0.2) is 9.36 Å². The number of hydrogen-bond donors (Lipinski definition) is 1. The third-order valence-electron chi connectivity index (χ3n) is 2.83. The van der Waals surface area contributed by atoms with Gasteiger partial charge in [-0.15, -0.1) is 0 Å². The first kappa shape index (κ1) is 17.7. The molecule has 0 saturated carbocycles. The van der Waals surface area contributed by atoms with Crippen LogP contribution in [0.1, 0.15) is 45.4 Å². The van der Waals surface area contributed by atoms with E-state index < -0.39 is 19.4 Å². The molecule has 0 aromatic carbocycles. The SMILES string of the molecule is CCCCCCCC(=O)SCC1COC(=O)P(=O)(O)O1. The molecule has 0 aromatic heterocycles. The lowest BCUT2D eigenvalue weighted by Crippen LogP contribution is -2.30. The zero-order valence-corrected chi connectivity index (χ0v) is 13.3. The highest BCUT2D eigenvalue weighted by Gasteiger charge is 2.41. The molecule has 2 unspecified atom stereocenters. The molecule has 1 fully saturated rings. The lowest BCUT2D eigenvalue weighted by Gasteiger charge is -2.24. The summed E-state index contributed by atoms with van der Waals surface area (Å²) in [5, 5.41) is 0.0368. The van der Waals surface area contributed by atoms with Gasteiger partial charge >= 0.3 is 13.3 Å². The molecule has 1 saturated heterocycles. The summed E-state index contributed by atoms with van der Waals surface area (Å²) >= 11 is 1.06. The van der Waals surface area contributed by atoms with Crippen molar-refractivity contribution in [3.63, 3.8) is 0 Å². The first-order valence-corrected chi connectivity index (χ1v) is 9.36. The van der Waals surface area contributed by atoms with Crippen LogP contribution in [0.2, 0.25) is 0 Å². The van der Waals surface area contributed by atoms with Crippen LogP contribution in [0.15, 0.2) is 0 Å². The summed E-state index contributed by atoms with van der Waals surface area (Å²) in [7, 11) is -4.31. The Hall–Kier alpha value is -0.360. The summed E-state index contributed by atoms with van der Waals surface area (Å²) in [6, 6.07) is 0. The van der Waals surface area contributed by atoms with Crippen molar-refractivity contribution in [1.82, 2.24) is 0 Å². The molecule has 2 atom stereocenters. The van der Waals surface area contributed by atoms with Gasteiger partial charge in [-0.2, -0.15) is 0 Å². The minimum Gasteiger partial charge on any atom is -0.454 e. The van der Waals surface area contributed by atoms with Crippen LogP contribution >= 0.6 is 19.4 Å². The smallest absolute Gasteiger partial charge is 0.436 e. The summed E-state index contributed by atoms with van der Waals surface area (Å²) in [4.78, 5) is 31.7. The van der Waals surface area contributed by atoms with Crippen molar-refractivity contribution < 1.29 is 28.3 Å². The molecule has 0 aliphatic carbocycles. The van der Waals surface area contributed by atoms with Gasteiger partial charge in [0.1, 0.15) is 12.7 Å². The molecular formula is C12H21O6PS.